The van der Waals surface area contributed by atoms with E-state index in [1.54, 1.807) is 35.5 Å². The van der Waals surface area contributed by atoms with Crippen molar-refractivity contribution in [3.63, 3.8) is 0 Å². The summed E-state index contributed by atoms with van der Waals surface area (Å²) >= 11 is 6.30. The summed E-state index contributed by atoms with van der Waals surface area (Å²) in [5, 5.41) is 7.24. The molecule has 0 atom stereocenters. The van der Waals surface area contributed by atoms with Crippen LogP contribution in [0, 0.1) is 0 Å². The van der Waals surface area contributed by atoms with Crippen molar-refractivity contribution in [2.24, 2.45) is 4.99 Å². The largest absolute Gasteiger partial charge is 0.497 e. The van der Waals surface area contributed by atoms with Crippen molar-refractivity contribution in [3.05, 3.63) is 46.5 Å². The smallest absolute Gasteiger partial charge is 0.191 e. The van der Waals surface area contributed by atoms with Crippen LogP contribution in [0.15, 0.2) is 35.3 Å². The van der Waals surface area contributed by atoms with E-state index < -0.39 is 0 Å². The van der Waals surface area contributed by atoms with E-state index in [2.05, 4.69) is 15.6 Å². The molecular formula is C21H28ClN3O4. The zero-order valence-corrected chi connectivity index (χ0v) is 18.2. The van der Waals surface area contributed by atoms with Crippen molar-refractivity contribution < 1.29 is 18.9 Å². The number of ether oxygens (including phenoxy) is 4. The van der Waals surface area contributed by atoms with E-state index in [0.717, 1.165) is 23.3 Å². The number of hydrogen-bond acceptors (Lipinski definition) is 5. The molecule has 0 spiro atoms. The first-order valence-corrected chi connectivity index (χ1v) is 9.49. The lowest BCUT2D eigenvalue weighted by molar-refractivity contribution is 0.368. The lowest BCUT2D eigenvalue weighted by Crippen LogP contribution is -2.38. The van der Waals surface area contributed by atoms with E-state index in [1.807, 2.05) is 30.3 Å². The minimum absolute atomic E-state index is 0.472. The van der Waals surface area contributed by atoms with E-state index in [9.17, 15) is 0 Å². The van der Waals surface area contributed by atoms with Crippen molar-refractivity contribution >= 4 is 17.6 Å². The lowest BCUT2D eigenvalue weighted by atomic mass is 10.1. The van der Waals surface area contributed by atoms with Crippen molar-refractivity contribution in [2.75, 3.05) is 42.0 Å². The second-order valence-electron chi connectivity index (χ2n) is 6.07. The van der Waals surface area contributed by atoms with Gasteiger partial charge in [0.25, 0.3) is 0 Å². The Morgan fingerprint density at radius 2 is 1.55 bits per heavy atom. The number of methoxy groups -OCH3 is 4. The molecule has 0 bridgehead atoms. The van der Waals surface area contributed by atoms with Gasteiger partial charge in [-0.2, -0.15) is 0 Å². The van der Waals surface area contributed by atoms with Crippen LogP contribution in [0.1, 0.15) is 11.1 Å². The van der Waals surface area contributed by atoms with Gasteiger partial charge >= 0.3 is 0 Å². The van der Waals surface area contributed by atoms with Gasteiger partial charge in [-0.25, -0.2) is 0 Å². The van der Waals surface area contributed by atoms with Crippen LogP contribution in [0.4, 0.5) is 0 Å². The quantitative estimate of drug-likeness (QED) is 0.478. The second kappa shape index (κ2) is 11.3. The maximum Gasteiger partial charge on any atom is 0.191 e. The number of hydrogen-bond donors (Lipinski definition) is 2. The molecule has 7 nitrogen and oxygen atoms in total. The third-order valence-electron chi connectivity index (χ3n) is 4.42. The fourth-order valence-electron chi connectivity index (χ4n) is 2.82. The van der Waals surface area contributed by atoms with Gasteiger partial charge in [0.2, 0.25) is 0 Å². The minimum Gasteiger partial charge on any atom is -0.497 e. The topological polar surface area (TPSA) is 73.3 Å². The molecule has 8 heteroatoms. The highest BCUT2D eigenvalue weighted by atomic mass is 35.5. The van der Waals surface area contributed by atoms with Gasteiger partial charge in [0.15, 0.2) is 5.96 Å². The molecule has 0 aromatic heterocycles. The van der Waals surface area contributed by atoms with Gasteiger partial charge in [-0.05, 0) is 24.1 Å². The highest BCUT2D eigenvalue weighted by Gasteiger charge is 2.14. The molecule has 0 aliphatic heterocycles. The maximum absolute atomic E-state index is 6.30. The van der Waals surface area contributed by atoms with Gasteiger partial charge < -0.3 is 29.6 Å². The molecule has 2 aromatic rings. The van der Waals surface area contributed by atoms with Crippen LogP contribution in [0.3, 0.4) is 0 Å². The van der Waals surface area contributed by atoms with Crippen LogP contribution >= 0.6 is 11.6 Å². The summed E-state index contributed by atoms with van der Waals surface area (Å²) in [5.41, 5.74) is 1.91. The Morgan fingerprint density at radius 1 is 0.897 bits per heavy atom. The van der Waals surface area contributed by atoms with E-state index in [1.165, 1.54) is 0 Å². The molecule has 2 aromatic carbocycles. The average Bonchev–Trinajstić information content (AvgIpc) is 2.76. The molecule has 0 saturated heterocycles. The lowest BCUT2D eigenvalue weighted by Gasteiger charge is -2.17. The molecule has 0 amide bonds. The third-order valence-corrected chi connectivity index (χ3v) is 4.77. The summed E-state index contributed by atoms with van der Waals surface area (Å²) in [7, 11) is 8.17. The van der Waals surface area contributed by atoms with E-state index in [-0.39, 0.29) is 0 Å². The fourth-order valence-corrected chi connectivity index (χ4v) is 3.08. The first kappa shape index (κ1) is 22.5. The first-order chi connectivity index (χ1) is 14.1. The minimum atomic E-state index is 0.472. The maximum atomic E-state index is 6.30. The highest BCUT2D eigenvalue weighted by molar-refractivity contribution is 6.31. The number of nitrogens with zero attached hydrogens (tertiary/aromatic N) is 1. The average molecular weight is 422 g/mol. The Balaban J connectivity index is 1.97. The molecule has 29 heavy (non-hydrogen) atoms. The van der Waals surface area contributed by atoms with Crippen LogP contribution in [0.25, 0.3) is 0 Å². The summed E-state index contributed by atoms with van der Waals surface area (Å²) in [4.78, 5) is 4.26. The highest BCUT2D eigenvalue weighted by Crippen LogP contribution is 2.33. The Kier molecular flexibility index (Phi) is 8.73. The summed E-state index contributed by atoms with van der Waals surface area (Å²) in [6.45, 7) is 1.14. The van der Waals surface area contributed by atoms with Gasteiger partial charge in [0.05, 0.1) is 40.5 Å². The second-order valence-corrected chi connectivity index (χ2v) is 6.48. The molecule has 0 aliphatic carbocycles. The van der Waals surface area contributed by atoms with Gasteiger partial charge in [0.1, 0.15) is 23.0 Å². The molecule has 2 N–H and O–H groups in total. The van der Waals surface area contributed by atoms with Crippen LogP contribution in [0.2, 0.25) is 5.02 Å². The van der Waals surface area contributed by atoms with Crippen LogP contribution in [-0.4, -0.2) is 48.0 Å². The molecule has 158 valence electrons. The Labute approximate surface area is 177 Å². The van der Waals surface area contributed by atoms with Crippen molar-refractivity contribution in [2.45, 2.75) is 13.0 Å². The number of benzene rings is 2. The zero-order valence-electron chi connectivity index (χ0n) is 17.5. The predicted molar refractivity (Wildman–Crippen MR) is 116 cm³/mol. The first-order valence-electron chi connectivity index (χ1n) is 9.12. The van der Waals surface area contributed by atoms with Gasteiger partial charge in [-0.15, -0.1) is 0 Å². The summed E-state index contributed by atoms with van der Waals surface area (Å²) in [6.07, 6.45) is 0.749. The molecule has 0 saturated carbocycles. The number of nitrogens with one attached hydrogen (secondary N) is 2. The normalized spacial score (nSPS) is 11.0. The van der Waals surface area contributed by atoms with Crippen LogP contribution in [0.5, 0.6) is 23.0 Å². The zero-order chi connectivity index (χ0) is 21.2. The van der Waals surface area contributed by atoms with E-state index in [0.29, 0.717) is 41.3 Å². The van der Waals surface area contributed by atoms with Crippen LogP contribution < -0.4 is 29.6 Å². The van der Waals surface area contributed by atoms with Gasteiger partial charge in [-0.3, -0.25) is 4.99 Å². The third kappa shape index (κ3) is 6.09. The number of rotatable bonds is 9. The predicted octanol–water partition coefficient (Wildman–Crippen LogP) is 3.28. The molecule has 0 heterocycles. The monoisotopic (exact) mass is 421 g/mol. The standard InChI is InChI=1S/C21H28ClN3O4/c1-23-21(24-9-8-14-6-7-15(26-2)10-18(14)22)25-13-17-19(28-4)11-16(27-3)12-20(17)29-5/h6-7,10-12H,8-9,13H2,1-5H3,(H2,23,24,25). The summed E-state index contributed by atoms with van der Waals surface area (Å²) in [6, 6.07) is 9.32. The van der Waals surface area contributed by atoms with Crippen molar-refractivity contribution in [1.29, 1.82) is 0 Å². The van der Waals surface area contributed by atoms with Gasteiger partial charge in [0, 0.05) is 30.7 Å². The summed E-state index contributed by atoms with van der Waals surface area (Å²) in [5.74, 6) is 3.42. The molecular weight excluding hydrogens is 394 g/mol. The van der Waals surface area contributed by atoms with Crippen molar-refractivity contribution in [3.8, 4) is 23.0 Å². The Bertz CT molecular complexity index is 818. The summed E-state index contributed by atoms with van der Waals surface area (Å²) < 4.78 is 21.4. The Morgan fingerprint density at radius 3 is 2.07 bits per heavy atom. The fraction of sp³-hybridized carbons (Fsp3) is 0.381. The van der Waals surface area contributed by atoms with E-state index in [4.69, 9.17) is 30.5 Å². The molecule has 0 fully saturated rings. The molecule has 0 radical (unpaired) electrons. The molecule has 0 unspecified atom stereocenters. The van der Waals surface area contributed by atoms with Crippen molar-refractivity contribution in [1.82, 2.24) is 10.6 Å². The Hall–Kier alpha value is -2.80. The SMILES string of the molecule is CN=C(NCCc1ccc(OC)cc1Cl)NCc1c(OC)cc(OC)cc1OC. The molecule has 0 aliphatic rings. The number of guanidine groups is 1. The van der Waals surface area contributed by atoms with E-state index >= 15 is 0 Å². The van der Waals surface area contributed by atoms with Gasteiger partial charge in [-0.1, -0.05) is 17.7 Å². The number of aliphatic imine (C=N–C) groups is 1. The van der Waals surface area contributed by atoms with Crippen LogP contribution in [-0.2, 0) is 13.0 Å². The number of halogens is 1. The molecule has 2 rings (SSSR count).